The van der Waals surface area contributed by atoms with Gasteiger partial charge in [0.15, 0.2) is 0 Å². The van der Waals surface area contributed by atoms with Crippen LogP contribution < -0.4 is 88.7 Å². The molecule has 0 aromatic rings. The van der Waals surface area contributed by atoms with Crippen LogP contribution in [0.4, 0.5) is 0 Å². The van der Waals surface area contributed by atoms with Gasteiger partial charge in [0.25, 0.3) is 0 Å². The number of hydrogen-bond acceptors (Lipinski definition) is 5. The van der Waals surface area contributed by atoms with Crippen LogP contribution in [-0.4, -0.2) is 24.5 Å². The summed E-state index contributed by atoms with van der Waals surface area (Å²) in [5.41, 5.74) is 0. The van der Waals surface area contributed by atoms with E-state index in [2.05, 4.69) is 25.0 Å². The second kappa shape index (κ2) is 19.6. The zero-order chi connectivity index (χ0) is 10.2. The van der Waals surface area contributed by atoms with E-state index in [1.807, 2.05) is 0 Å². The molecule has 1 N–H and O–H groups in total. The van der Waals surface area contributed by atoms with Gasteiger partial charge in [-0.1, -0.05) is 13.3 Å². The van der Waals surface area contributed by atoms with Crippen molar-refractivity contribution in [3.8, 4) is 0 Å². The third kappa shape index (κ3) is 58.9. The molecule has 0 aliphatic carbocycles. The molecule has 0 rings (SSSR count). The number of aliphatic hydroxyl groups is 1. The molecule has 0 saturated carbocycles. The maximum absolute atomic E-state index is 8.89. The monoisotopic (exact) mass is 282 g/mol. The van der Waals surface area contributed by atoms with E-state index in [1.165, 1.54) is 0 Å². The minimum absolute atomic E-state index is 0. The Labute approximate surface area is 164 Å². The van der Waals surface area contributed by atoms with Crippen molar-refractivity contribution in [3.05, 3.63) is 6.92 Å². The van der Waals surface area contributed by atoms with Gasteiger partial charge in [-0.25, -0.2) is 0 Å². The summed E-state index contributed by atoms with van der Waals surface area (Å²) in [6.07, 6.45) is 2.43. The molecule has 0 aromatic heterocycles. The molecule has 0 aliphatic rings. The van der Waals surface area contributed by atoms with Gasteiger partial charge in [-0.15, -0.1) is 9.05 Å². The van der Waals surface area contributed by atoms with Gasteiger partial charge in [0.1, 0.15) is 0 Å². The first-order valence-corrected chi connectivity index (χ1v) is 5.78. The Kier molecular flexibility index (Phi) is 40.4. The molecule has 0 amide bonds. The van der Waals surface area contributed by atoms with Crippen molar-refractivity contribution < 1.29 is 107 Å². The van der Waals surface area contributed by atoms with E-state index in [4.69, 9.17) is 18.4 Å². The molecule has 0 aliphatic heterocycles. The SMILES string of the molecule is O=S([O-])([O-])=S.[CH2-]CC(O)CCC.[Na+].[Na+].[Na+]. The average molecular weight is 282 g/mol. The fraction of sp³-hybridized carbons (Fsp3) is 0.833. The minimum Gasteiger partial charge on any atom is -0.780 e. The molecule has 0 heterocycles. The van der Waals surface area contributed by atoms with Crippen LogP contribution in [0.1, 0.15) is 26.2 Å². The van der Waals surface area contributed by atoms with Crippen LogP contribution in [-0.2, 0) is 20.2 Å². The van der Waals surface area contributed by atoms with Gasteiger partial charge >= 0.3 is 88.7 Å². The van der Waals surface area contributed by atoms with Crippen LogP contribution in [0.3, 0.4) is 0 Å². The molecule has 0 fully saturated rings. The zero-order valence-electron chi connectivity index (χ0n) is 9.89. The molecule has 4 nitrogen and oxygen atoms in total. The van der Waals surface area contributed by atoms with Crippen LogP contribution >= 0.6 is 0 Å². The minimum atomic E-state index is -4.33. The Balaban J connectivity index is -0.0000000383. The Bertz CT molecular complexity index is 179. The first-order valence-electron chi connectivity index (χ1n) is 3.45. The summed E-state index contributed by atoms with van der Waals surface area (Å²) in [5, 5.41) is 8.80. The summed E-state index contributed by atoms with van der Waals surface area (Å²) in [6, 6.07) is 0. The van der Waals surface area contributed by atoms with Gasteiger partial charge in [-0.05, 0) is 17.6 Å². The van der Waals surface area contributed by atoms with E-state index in [0.29, 0.717) is 6.42 Å². The van der Waals surface area contributed by atoms with Gasteiger partial charge in [-0.3, -0.25) is 4.21 Å². The van der Waals surface area contributed by atoms with E-state index in [1.54, 1.807) is 0 Å². The van der Waals surface area contributed by atoms with E-state index in [-0.39, 0.29) is 94.8 Å². The van der Waals surface area contributed by atoms with Crippen LogP contribution in [0.25, 0.3) is 0 Å². The zero-order valence-corrected chi connectivity index (χ0v) is 17.5. The smallest absolute Gasteiger partial charge is 0.780 e. The molecule has 0 radical (unpaired) electrons. The number of hydrogen-bond donors (Lipinski definition) is 1. The maximum atomic E-state index is 8.89. The second-order valence-electron chi connectivity index (χ2n) is 2.14. The van der Waals surface area contributed by atoms with Gasteiger partial charge in [0.05, 0.1) is 0 Å². The first-order chi connectivity index (χ1) is 5.31. The Morgan fingerprint density at radius 3 is 1.73 bits per heavy atom. The van der Waals surface area contributed by atoms with Crippen molar-refractivity contribution in [1.29, 1.82) is 0 Å². The molecule has 1 unspecified atom stereocenters. The normalized spacial score (nSPS) is 10.5. The van der Waals surface area contributed by atoms with Crippen molar-refractivity contribution in [2.24, 2.45) is 0 Å². The van der Waals surface area contributed by atoms with Crippen LogP contribution in [0, 0.1) is 6.92 Å². The van der Waals surface area contributed by atoms with E-state index >= 15 is 0 Å². The van der Waals surface area contributed by atoms with Crippen molar-refractivity contribution in [1.82, 2.24) is 0 Å². The standard InChI is InChI=1S/C6H13O.3Na.H2O3S2/c1-3-5-6(7)4-2;;;;1-5(2,3)4/h6-7H,2-5H2,1H3;;;;(H2,1,2,3,4)/q-1;3*+1;/p-2. The van der Waals surface area contributed by atoms with Gasteiger partial charge in [0, 0.05) is 6.10 Å². The fourth-order valence-electron chi connectivity index (χ4n) is 0.478. The third-order valence-corrected chi connectivity index (χ3v) is 0.955. The summed E-state index contributed by atoms with van der Waals surface area (Å²) < 4.78 is 26.7. The molecule has 1 atom stereocenters. The van der Waals surface area contributed by atoms with E-state index < -0.39 is 9.05 Å². The third-order valence-electron chi connectivity index (χ3n) is 0.955. The molecule has 0 spiro atoms. The number of rotatable bonds is 3. The summed E-state index contributed by atoms with van der Waals surface area (Å²) in [5.74, 6) is 0. The molecular weight excluding hydrogens is 269 g/mol. The quantitative estimate of drug-likeness (QED) is 0.410. The van der Waals surface area contributed by atoms with Gasteiger partial charge in [-0.2, -0.15) is 6.42 Å². The summed E-state index contributed by atoms with van der Waals surface area (Å²) in [6.45, 7) is 5.61. The maximum Gasteiger partial charge on any atom is 1.00 e. The van der Waals surface area contributed by atoms with Crippen LogP contribution in [0.2, 0.25) is 0 Å². The molecule has 0 bridgehead atoms. The van der Waals surface area contributed by atoms with Crippen molar-refractivity contribution in [2.45, 2.75) is 32.3 Å². The Morgan fingerprint density at radius 1 is 1.40 bits per heavy atom. The van der Waals surface area contributed by atoms with E-state index in [9.17, 15) is 0 Å². The molecular formula is C6H13Na3O4S2. The van der Waals surface area contributed by atoms with Gasteiger partial charge in [0.2, 0.25) is 0 Å². The average Bonchev–Trinajstić information content (AvgIpc) is 1.85. The van der Waals surface area contributed by atoms with Crippen LogP contribution in [0.5, 0.6) is 0 Å². The van der Waals surface area contributed by atoms with Crippen molar-refractivity contribution in [2.75, 3.05) is 0 Å². The van der Waals surface area contributed by atoms with Crippen LogP contribution in [0.15, 0.2) is 0 Å². The summed E-state index contributed by atoms with van der Waals surface area (Å²) >= 11 is 3.24. The van der Waals surface area contributed by atoms with Crippen molar-refractivity contribution in [3.63, 3.8) is 0 Å². The first kappa shape index (κ1) is 30.9. The topological polar surface area (TPSA) is 83.4 Å². The van der Waals surface area contributed by atoms with Gasteiger partial charge < -0.3 is 21.1 Å². The fourth-order valence-corrected chi connectivity index (χ4v) is 0.478. The molecule has 9 heteroatoms. The Morgan fingerprint density at radius 2 is 1.67 bits per heavy atom. The number of aliphatic hydroxyl groups excluding tert-OH is 1. The largest absolute Gasteiger partial charge is 1.00 e. The predicted octanol–water partition coefficient (Wildman–Crippen LogP) is -8.62. The summed E-state index contributed by atoms with van der Waals surface area (Å²) in [7, 11) is -4.33. The summed E-state index contributed by atoms with van der Waals surface area (Å²) in [4.78, 5) is 0. The predicted molar refractivity (Wildman–Crippen MR) is 48.0 cm³/mol. The molecule has 0 saturated heterocycles. The van der Waals surface area contributed by atoms with E-state index in [0.717, 1.165) is 12.8 Å². The second-order valence-corrected chi connectivity index (χ2v) is 4.18. The Hall–Kier alpha value is 3.25. The molecule has 0 aromatic carbocycles. The van der Waals surface area contributed by atoms with Crippen molar-refractivity contribution >= 4 is 20.2 Å². The molecule has 76 valence electrons. The molecule has 15 heavy (non-hydrogen) atoms.